The van der Waals surface area contributed by atoms with Crippen LogP contribution in [0.1, 0.15) is 17.3 Å². The minimum Gasteiger partial charge on any atom is -0.447 e. The van der Waals surface area contributed by atoms with E-state index >= 15 is 0 Å². The third-order valence-corrected chi connectivity index (χ3v) is 4.31. The van der Waals surface area contributed by atoms with Gasteiger partial charge in [-0.3, -0.25) is 9.88 Å². The molecule has 23 heavy (non-hydrogen) atoms. The van der Waals surface area contributed by atoms with Crippen LogP contribution in [0.4, 0.5) is 10.6 Å². The molecule has 0 N–H and O–H groups in total. The van der Waals surface area contributed by atoms with E-state index in [0.29, 0.717) is 11.5 Å². The van der Waals surface area contributed by atoms with E-state index < -0.39 is 6.09 Å². The zero-order valence-electron chi connectivity index (χ0n) is 12.2. The predicted octanol–water partition coefficient (Wildman–Crippen LogP) is 2.89. The van der Waals surface area contributed by atoms with Crippen LogP contribution in [0.3, 0.4) is 0 Å². The molecule has 0 aliphatic carbocycles. The Morgan fingerprint density at radius 2 is 2.17 bits per heavy atom. The van der Waals surface area contributed by atoms with E-state index in [0.717, 1.165) is 15.7 Å². The third kappa shape index (κ3) is 2.35. The Hall–Kier alpha value is -2.48. The van der Waals surface area contributed by atoms with Crippen molar-refractivity contribution >= 4 is 33.5 Å². The zero-order chi connectivity index (χ0) is 16.0. The monoisotopic (exact) mass is 373 g/mol. The van der Waals surface area contributed by atoms with E-state index in [1.165, 1.54) is 0 Å². The summed E-state index contributed by atoms with van der Waals surface area (Å²) in [5, 5.41) is 4.15. The number of aromatic nitrogens is 4. The number of pyridine rings is 1. The second-order valence-corrected chi connectivity index (χ2v) is 6.10. The van der Waals surface area contributed by atoms with Crippen molar-refractivity contribution in [3.05, 3.63) is 52.5 Å². The van der Waals surface area contributed by atoms with Gasteiger partial charge in [0.1, 0.15) is 18.5 Å². The Balaban J connectivity index is 1.78. The minimum atomic E-state index is -0.414. The van der Waals surface area contributed by atoms with Crippen LogP contribution in [0.25, 0.3) is 5.65 Å². The Morgan fingerprint density at radius 1 is 1.30 bits per heavy atom. The first-order chi connectivity index (χ1) is 11.1. The molecule has 0 saturated carbocycles. The number of fused-ring (bicyclic) bond motifs is 1. The fraction of sp³-hybridized carbons (Fsp3) is 0.200. The highest BCUT2D eigenvalue weighted by Crippen LogP contribution is 2.32. The molecule has 0 radical (unpaired) electrons. The van der Waals surface area contributed by atoms with Gasteiger partial charge in [0.25, 0.3) is 0 Å². The van der Waals surface area contributed by atoms with Gasteiger partial charge in [0.15, 0.2) is 5.65 Å². The normalized spacial score (nSPS) is 17.7. The molecule has 7 nitrogen and oxygen atoms in total. The number of hydrogen-bond donors (Lipinski definition) is 0. The van der Waals surface area contributed by atoms with E-state index in [1.807, 2.05) is 19.1 Å². The summed E-state index contributed by atoms with van der Waals surface area (Å²) in [6.07, 6.45) is 4.78. The molecule has 116 valence electrons. The number of anilines is 1. The minimum absolute atomic E-state index is 0.243. The number of amides is 1. The highest BCUT2D eigenvalue weighted by molar-refractivity contribution is 9.10. The number of rotatable bonds is 2. The van der Waals surface area contributed by atoms with Crippen molar-refractivity contribution in [1.29, 1.82) is 0 Å². The predicted molar refractivity (Wildman–Crippen MR) is 86.2 cm³/mol. The average Bonchev–Trinajstić information content (AvgIpc) is 3.11. The zero-order valence-corrected chi connectivity index (χ0v) is 13.8. The number of cyclic esters (lactones) is 1. The summed E-state index contributed by atoms with van der Waals surface area (Å²) >= 11 is 3.40. The molecular weight excluding hydrogens is 362 g/mol. The number of halogens is 1. The van der Waals surface area contributed by atoms with Crippen molar-refractivity contribution in [2.45, 2.75) is 13.0 Å². The summed E-state index contributed by atoms with van der Waals surface area (Å²) < 4.78 is 7.63. The average molecular weight is 374 g/mol. The highest BCUT2D eigenvalue weighted by atomic mass is 79.9. The lowest BCUT2D eigenvalue weighted by molar-refractivity contribution is 0.179. The van der Waals surface area contributed by atoms with Crippen LogP contribution in [0.5, 0.6) is 0 Å². The molecule has 1 aliphatic heterocycles. The number of carbonyl (C=O) groups excluding carboxylic acids is 1. The van der Waals surface area contributed by atoms with Gasteiger partial charge < -0.3 is 4.74 Å². The van der Waals surface area contributed by atoms with Crippen molar-refractivity contribution in [3.8, 4) is 0 Å². The van der Waals surface area contributed by atoms with Crippen LogP contribution in [-0.2, 0) is 4.74 Å². The first-order valence-corrected chi connectivity index (χ1v) is 7.81. The van der Waals surface area contributed by atoms with Gasteiger partial charge in [-0.05, 0) is 40.5 Å². The SMILES string of the molecule is Cc1ccc(C2COC(=O)N2c2ccn3ncc(Br)c3n2)cn1. The summed E-state index contributed by atoms with van der Waals surface area (Å²) in [5.74, 6) is 0.520. The fourth-order valence-electron chi connectivity index (χ4n) is 2.56. The molecule has 1 aliphatic rings. The number of hydrogen-bond acceptors (Lipinski definition) is 5. The first-order valence-electron chi connectivity index (χ1n) is 7.02. The van der Waals surface area contributed by atoms with E-state index in [2.05, 4.69) is 31.0 Å². The van der Waals surface area contributed by atoms with Crippen molar-refractivity contribution in [3.63, 3.8) is 0 Å². The highest BCUT2D eigenvalue weighted by Gasteiger charge is 2.36. The molecule has 3 aromatic rings. The molecular formula is C15H12BrN5O2. The van der Waals surface area contributed by atoms with Crippen LogP contribution in [0, 0.1) is 6.92 Å². The molecule has 8 heteroatoms. The van der Waals surface area contributed by atoms with Gasteiger partial charge in [-0.15, -0.1) is 0 Å². The quantitative estimate of drug-likeness (QED) is 0.690. The summed E-state index contributed by atoms with van der Waals surface area (Å²) in [6.45, 7) is 2.20. The standard InChI is InChI=1S/C15H12BrN5O2/c1-9-2-3-10(6-17-9)12-8-23-15(22)21(12)13-4-5-20-14(19-13)11(16)7-18-20/h2-7,12H,8H2,1H3. The van der Waals surface area contributed by atoms with Crippen molar-refractivity contribution in [2.24, 2.45) is 0 Å². The van der Waals surface area contributed by atoms with Crippen molar-refractivity contribution < 1.29 is 9.53 Å². The Kier molecular flexibility index (Phi) is 3.26. The molecule has 0 aromatic carbocycles. The lowest BCUT2D eigenvalue weighted by atomic mass is 10.1. The third-order valence-electron chi connectivity index (χ3n) is 3.75. The first kappa shape index (κ1) is 14.1. The summed E-state index contributed by atoms with van der Waals surface area (Å²) in [5.41, 5.74) is 2.48. The van der Waals surface area contributed by atoms with E-state index in [1.54, 1.807) is 34.1 Å². The second-order valence-electron chi connectivity index (χ2n) is 5.24. The van der Waals surface area contributed by atoms with Gasteiger partial charge in [0, 0.05) is 18.1 Å². The van der Waals surface area contributed by atoms with Gasteiger partial charge in [0.05, 0.1) is 10.7 Å². The van der Waals surface area contributed by atoms with Gasteiger partial charge >= 0.3 is 6.09 Å². The van der Waals surface area contributed by atoms with Crippen LogP contribution >= 0.6 is 15.9 Å². The van der Waals surface area contributed by atoms with Gasteiger partial charge in [-0.2, -0.15) is 5.10 Å². The molecule has 4 rings (SSSR count). The smallest absolute Gasteiger partial charge is 0.416 e. The number of aryl methyl sites for hydroxylation is 1. The summed E-state index contributed by atoms with van der Waals surface area (Å²) in [4.78, 5) is 22.6. The maximum Gasteiger partial charge on any atom is 0.416 e. The number of ether oxygens (including phenoxy) is 1. The van der Waals surface area contributed by atoms with E-state index in [-0.39, 0.29) is 12.6 Å². The fourth-order valence-corrected chi connectivity index (χ4v) is 2.92. The molecule has 1 unspecified atom stereocenters. The van der Waals surface area contributed by atoms with Crippen molar-refractivity contribution in [1.82, 2.24) is 19.6 Å². The number of nitrogens with zero attached hydrogens (tertiary/aromatic N) is 5. The molecule has 3 aromatic heterocycles. The van der Waals surface area contributed by atoms with Gasteiger partial charge in [-0.1, -0.05) is 6.07 Å². The Morgan fingerprint density at radius 3 is 2.96 bits per heavy atom. The van der Waals surface area contributed by atoms with E-state index in [4.69, 9.17) is 4.74 Å². The molecule has 1 amide bonds. The molecule has 1 atom stereocenters. The lowest BCUT2D eigenvalue weighted by Gasteiger charge is -2.20. The van der Waals surface area contributed by atoms with Crippen LogP contribution < -0.4 is 4.90 Å². The van der Waals surface area contributed by atoms with E-state index in [9.17, 15) is 4.79 Å². The molecule has 0 bridgehead atoms. The maximum atomic E-state index is 12.2. The van der Waals surface area contributed by atoms with Crippen LogP contribution in [0.15, 0.2) is 41.3 Å². The Bertz CT molecular complexity index is 893. The molecule has 1 fully saturated rings. The molecule has 1 saturated heterocycles. The topological polar surface area (TPSA) is 72.6 Å². The van der Waals surface area contributed by atoms with Gasteiger partial charge in [0.2, 0.25) is 0 Å². The maximum absolute atomic E-state index is 12.2. The Labute approximate surface area is 140 Å². The molecule has 0 spiro atoms. The van der Waals surface area contributed by atoms with Crippen LogP contribution in [-0.4, -0.2) is 32.3 Å². The summed E-state index contributed by atoms with van der Waals surface area (Å²) in [7, 11) is 0. The number of carbonyl (C=O) groups is 1. The summed E-state index contributed by atoms with van der Waals surface area (Å²) in [6, 6.07) is 5.37. The lowest BCUT2D eigenvalue weighted by Crippen LogP contribution is -2.28. The van der Waals surface area contributed by atoms with Gasteiger partial charge in [-0.25, -0.2) is 14.3 Å². The largest absolute Gasteiger partial charge is 0.447 e. The molecule has 4 heterocycles. The second kappa shape index (κ2) is 5.31. The van der Waals surface area contributed by atoms with Crippen molar-refractivity contribution in [2.75, 3.05) is 11.5 Å². The van der Waals surface area contributed by atoms with Crippen LogP contribution in [0.2, 0.25) is 0 Å².